The van der Waals surface area contributed by atoms with Gasteiger partial charge in [0.25, 0.3) is 11.1 Å². The molecular weight excluding hydrogens is 557 g/mol. The third kappa shape index (κ3) is 5.48. The number of methoxy groups -OCH3 is 1. The Labute approximate surface area is 207 Å². The van der Waals surface area contributed by atoms with Gasteiger partial charge in [0.1, 0.15) is 18.1 Å². The molecule has 4 rings (SSSR count). The molecule has 0 spiro atoms. The van der Waals surface area contributed by atoms with Crippen molar-refractivity contribution in [2.75, 3.05) is 7.11 Å². The quantitative estimate of drug-likeness (QED) is 0.209. The van der Waals surface area contributed by atoms with Crippen LogP contribution >= 0.6 is 34.4 Å². The molecule has 1 saturated heterocycles. The molecule has 168 valence electrons. The Morgan fingerprint density at radius 1 is 1.09 bits per heavy atom. The van der Waals surface area contributed by atoms with Crippen LogP contribution in [0, 0.1) is 3.57 Å². The van der Waals surface area contributed by atoms with Crippen molar-refractivity contribution < 1.29 is 28.3 Å². The molecule has 2 heterocycles. The normalized spacial score (nSPS) is 14.7. The summed E-state index contributed by atoms with van der Waals surface area (Å²) in [4.78, 5) is 38.3. The number of benzene rings is 2. The number of amides is 2. The van der Waals surface area contributed by atoms with E-state index in [9.17, 15) is 14.4 Å². The number of rotatable bonds is 7. The maximum Gasteiger partial charge on any atom is 0.373 e. The molecule has 2 amide bonds. The summed E-state index contributed by atoms with van der Waals surface area (Å²) in [5, 5.41) is -0.417. The van der Waals surface area contributed by atoms with E-state index in [0.717, 1.165) is 25.8 Å². The topological polar surface area (TPSA) is 86.0 Å². The third-order valence-corrected chi connectivity index (χ3v) is 6.38. The Kier molecular flexibility index (Phi) is 7.19. The summed E-state index contributed by atoms with van der Waals surface area (Å²) in [5.74, 6) is -0.142. The van der Waals surface area contributed by atoms with Crippen LogP contribution in [0.15, 0.2) is 70.0 Å². The van der Waals surface area contributed by atoms with Crippen molar-refractivity contribution in [1.82, 2.24) is 4.90 Å². The molecule has 1 fully saturated rings. The molecule has 0 bridgehead atoms. The van der Waals surface area contributed by atoms with Gasteiger partial charge in [0, 0.05) is 9.13 Å². The molecule has 3 aromatic rings. The number of hydrogen-bond acceptors (Lipinski definition) is 7. The number of ether oxygens (including phenoxy) is 2. The maximum atomic E-state index is 12.9. The van der Waals surface area contributed by atoms with Gasteiger partial charge in [-0.2, -0.15) is 0 Å². The zero-order chi connectivity index (χ0) is 23.4. The van der Waals surface area contributed by atoms with Gasteiger partial charge < -0.3 is 13.9 Å². The van der Waals surface area contributed by atoms with E-state index in [2.05, 4.69) is 27.3 Å². The van der Waals surface area contributed by atoms with Gasteiger partial charge in [0.15, 0.2) is 0 Å². The number of hydrogen-bond donors (Lipinski definition) is 0. The first-order valence-corrected chi connectivity index (χ1v) is 11.7. The lowest BCUT2D eigenvalue weighted by Crippen LogP contribution is -2.27. The molecule has 9 heteroatoms. The van der Waals surface area contributed by atoms with Crippen LogP contribution in [0.3, 0.4) is 0 Å². The van der Waals surface area contributed by atoms with Crippen LogP contribution in [-0.4, -0.2) is 29.1 Å². The van der Waals surface area contributed by atoms with Crippen LogP contribution in [0.5, 0.6) is 5.75 Å². The van der Waals surface area contributed by atoms with Gasteiger partial charge in [-0.25, -0.2) is 4.79 Å². The predicted octanol–water partition coefficient (Wildman–Crippen LogP) is 5.49. The summed E-state index contributed by atoms with van der Waals surface area (Å²) in [5.41, 5.74) is 1.72. The Bertz CT molecular complexity index is 1230. The van der Waals surface area contributed by atoms with Gasteiger partial charge in [0.05, 0.1) is 18.6 Å². The number of para-hydroxylation sites is 1. The second-order valence-corrected chi connectivity index (χ2v) is 9.22. The van der Waals surface area contributed by atoms with Crippen molar-refractivity contribution in [2.45, 2.75) is 13.2 Å². The average molecular weight is 575 g/mol. The number of esters is 1. The fourth-order valence-electron chi connectivity index (χ4n) is 3.08. The zero-order valence-corrected chi connectivity index (χ0v) is 20.4. The summed E-state index contributed by atoms with van der Waals surface area (Å²) in [6.07, 6.45) is 1.65. The predicted molar refractivity (Wildman–Crippen MR) is 131 cm³/mol. The molecule has 0 N–H and O–H groups in total. The lowest BCUT2D eigenvalue weighted by Gasteiger charge is -2.11. The van der Waals surface area contributed by atoms with Crippen LogP contribution in [-0.2, 0) is 22.7 Å². The van der Waals surface area contributed by atoms with Crippen molar-refractivity contribution in [3.63, 3.8) is 0 Å². The monoisotopic (exact) mass is 575 g/mol. The second kappa shape index (κ2) is 10.3. The minimum Gasteiger partial charge on any atom is -0.488 e. The molecule has 0 atom stereocenters. The molecular formula is C24H18INO6S. The van der Waals surface area contributed by atoms with Crippen LogP contribution in [0.2, 0.25) is 0 Å². The molecule has 1 aromatic heterocycles. The minimum absolute atomic E-state index is 0.00854. The van der Waals surface area contributed by atoms with E-state index in [-0.39, 0.29) is 17.2 Å². The first-order valence-electron chi connectivity index (χ1n) is 9.83. The summed E-state index contributed by atoms with van der Waals surface area (Å²) >= 11 is 3.09. The highest BCUT2D eigenvalue weighted by Gasteiger charge is 2.36. The number of imide groups is 1. The third-order valence-electron chi connectivity index (χ3n) is 4.75. The fraction of sp³-hybridized carbons (Fsp3) is 0.125. The van der Waals surface area contributed by atoms with Gasteiger partial charge in [-0.15, -0.1) is 0 Å². The molecule has 0 saturated carbocycles. The molecule has 0 unspecified atom stereocenters. The number of thioether (sulfide) groups is 1. The van der Waals surface area contributed by atoms with Gasteiger partial charge in [-0.3, -0.25) is 14.5 Å². The SMILES string of the molecule is COC(=O)c1ccc(CN2C(=O)S/C(=C/c3ccccc3OCc3ccc(I)cc3)C2=O)o1. The van der Waals surface area contributed by atoms with Crippen LogP contribution in [0.25, 0.3) is 6.08 Å². The zero-order valence-electron chi connectivity index (χ0n) is 17.4. The minimum atomic E-state index is -0.628. The number of nitrogens with zero attached hydrogens (tertiary/aromatic N) is 1. The van der Waals surface area contributed by atoms with Crippen LogP contribution < -0.4 is 4.74 Å². The second-order valence-electron chi connectivity index (χ2n) is 6.98. The van der Waals surface area contributed by atoms with Crippen LogP contribution in [0.1, 0.15) is 27.4 Å². The maximum absolute atomic E-state index is 12.9. The molecule has 1 aliphatic heterocycles. The van der Waals surface area contributed by atoms with Crippen molar-refractivity contribution in [3.05, 3.63) is 91.8 Å². The van der Waals surface area contributed by atoms with Crippen molar-refractivity contribution in [2.24, 2.45) is 0 Å². The molecule has 0 aliphatic carbocycles. The van der Waals surface area contributed by atoms with Gasteiger partial charge in [-0.1, -0.05) is 30.3 Å². The molecule has 33 heavy (non-hydrogen) atoms. The summed E-state index contributed by atoms with van der Waals surface area (Å²) in [6.45, 7) is 0.300. The van der Waals surface area contributed by atoms with E-state index in [0.29, 0.717) is 23.7 Å². The highest BCUT2D eigenvalue weighted by molar-refractivity contribution is 14.1. The molecule has 2 aromatic carbocycles. The highest BCUT2D eigenvalue weighted by atomic mass is 127. The summed E-state index contributed by atoms with van der Waals surface area (Å²) in [7, 11) is 1.24. The van der Waals surface area contributed by atoms with Crippen molar-refractivity contribution in [1.29, 1.82) is 0 Å². The van der Waals surface area contributed by atoms with Gasteiger partial charge >= 0.3 is 5.97 Å². The Hall–Kier alpha value is -3.05. The fourth-order valence-corrected chi connectivity index (χ4v) is 4.27. The lowest BCUT2D eigenvalue weighted by molar-refractivity contribution is -0.123. The number of carbonyl (C=O) groups excluding carboxylic acids is 3. The largest absolute Gasteiger partial charge is 0.488 e. The number of carbonyl (C=O) groups is 3. The first kappa shape index (κ1) is 23.1. The van der Waals surface area contributed by atoms with E-state index in [4.69, 9.17) is 9.15 Å². The number of furan rings is 1. The van der Waals surface area contributed by atoms with E-state index in [1.807, 2.05) is 48.5 Å². The van der Waals surface area contributed by atoms with E-state index in [1.54, 1.807) is 6.08 Å². The standard InChI is InChI=1S/C24H18INO6S/c1-30-23(28)20-11-10-18(32-20)13-26-22(27)21(33-24(26)29)12-16-4-2-3-5-19(16)31-14-15-6-8-17(25)9-7-15/h2-12H,13-14H2,1H3/b21-12+. The van der Waals surface area contributed by atoms with E-state index in [1.165, 1.54) is 19.2 Å². The molecule has 1 aliphatic rings. The molecule has 0 radical (unpaired) electrons. The molecule has 7 nitrogen and oxygen atoms in total. The Balaban J connectivity index is 1.48. The summed E-state index contributed by atoms with van der Waals surface area (Å²) < 4.78 is 17.1. The first-order chi connectivity index (χ1) is 15.9. The number of halogens is 1. The van der Waals surface area contributed by atoms with Crippen molar-refractivity contribution in [3.8, 4) is 5.75 Å². The Morgan fingerprint density at radius 2 is 1.85 bits per heavy atom. The van der Waals surface area contributed by atoms with Crippen LogP contribution in [0.4, 0.5) is 4.79 Å². The lowest BCUT2D eigenvalue weighted by atomic mass is 10.1. The Morgan fingerprint density at radius 3 is 2.61 bits per heavy atom. The summed E-state index contributed by atoms with van der Waals surface area (Å²) in [6, 6.07) is 18.3. The van der Waals surface area contributed by atoms with Gasteiger partial charge in [0.2, 0.25) is 5.76 Å². The van der Waals surface area contributed by atoms with E-state index < -0.39 is 17.1 Å². The van der Waals surface area contributed by atoms with Gasteiger partial charge in [-0.05, 0) is 76.3 Å². The van der Waals surface area contributed by atoms with Crippen molar-refractivity contribution >= 4 is 57.5 Å². The highest BCUT2D eigenvalue weighted by Crippen LogP contribution is 2.35. The average Bonchev–Trinajstić information content (AvgIpc) is 3.39. The smallest absolute Gasteiger partial charge is 0.373 e. The van der Waals surface area contributed by atoms with E-state index >= 15 is 0 Å².